The summed E-state index contributed by atoms with van der Waals surface area (Å²) in [6, 6.07) is 0. The van der Waals surface area contributed by atoms with Crippen LogP contribution in [-0.4, -0.2) is 26.2 Å². The molecule has 0 fully saturated rings. The van der Waals surface area contributed by atoms with Crippen molar-refractivity contribution in [3.05, 3.63) is 0 Å². The van der Waals surface area contributed by atoms with E-state index in [1.165, 1.54) is 51.4 Å². The molecular weight excluding hydrogens is 568 g/mol. The summed E-state index contributed by atoms with van der Waals surface area (Å²) in [5.74, 6) is 0. The Morgan fingerprint density at radius 1 is 0.375 bits per heavy atom. The molecule has 0 aromatic carbocycles. The fourth-order valence-corrected chi connectivity index (χ4v) is 0.816. The molecule has 0 saturated carbocycles. The molecule has 0 aliphatic rings. The van der Waals surface area contributed by atoms with Gasteiger partial charge in [-0.3, -0.25) is 0 Å². The Balaban J connectivity index is -0.0000000225. The lowest BCUT2D eigenvalue weighted by Gasteiger charge is -1.80. The van der Waals surface area contributed by atoms with Crippen molar-refractivity contribution < 1.29 is 0 Å². The van der Waals surface area contributed by atoms with Crippen LogP contribution in [0.3, 0.4) is 0 Å². The quantitative estimate of drug-likeness (QED) is 0.298. The minimum Gasteiger partial charge on any atom is -0.330 e. The Hall–Kier alpha value is 1.76. The maximum absolute atomic E-state index is 5.14. The van der Waals surface area contributed by atoms with Crippen molar-refractivity contribution in [2.75, 3.05) is 26.2 Å². The molecule has 0 aliphatic carbocycles. The van der Waals surface area contributed by atoms with Gasteiger partial charge in [0.2, 0.25) is 0 Å². The fourth-order valence-electron chi connectivity index (χ4n) is 0.816. The van der Waals surface area contributed by atoms with Gasteiger partial charge in [0.15, 0.2) is 0 Å². The molecule has 4 nitrogen and oxygen atoms in total. The summed E-state index contributed by atoms with van der Waals surface area (Å²) < 4.78 is 0. The molecule has 8 N–H and O–H groups in total. The molecule has 24 heavy (non-hydrogen) atoms. The maximum atomic E-state index is 5.14. The van der Waals surface area contributed by atoms with Crippen molar-refractivity contribution in [2.24, 2.45) is 22.9 Å². The predicted molar refractivity (Wildman–Crippen MR) is 137 cm³/mol. The number of unbranched alkanes of at least 4 members (excludes halogenated alkanes) is 4. The fraction of sp³-hybridized carbons (Fsp3) is 1.00. The highest BCUT2D eigenvalue weighted by molar-refractivity contribution is 8.93. The van der Waals surface area contributed by atoms with Crippen LogP contribution in [-0.2, 0) is 0 Å². The molecule has 0 rings (SSSR count). The third-order valence-corrected chi connectivity index (χ3v) is 2.23. The Morgan fingerprint density at radius 3 is 0.500 bits per heavy atom. The average Bonchev–Trinajstić information content (AvgIpc) is 2.44. The zero-order chi connectivity index (χ0) is 16.5. The summed E-state index contributed by atoms with van der Waals surface area (Å²) in [6.45, 7) is 11.9. The van der Waals surface area contributed by atoms with Crippen molar-refractivity contribution >= 4 is 67.9 Å². The average molecular weight is 616 g/mol. The van der Waals surface area contributed by atoms with E-state index in [-0.39, 0.29) is 67.9 Å². The van der Waals surface area contributed by atoms with E-state index in [9.17, 15) is 0 Å². The highest BCUT2D eigenvalue weighted by Gasteiger charge is 1.69. The van der Waals surface area contributed by atoms with E-state index in [1.54, 1.807) is 0 Å². The van der Waals surface area contributed by atoms with Gasteiger partial charge in [0, 0.05) is 0 Å². The van der Waals surface area contributed by atoms with Crippen LogP contribution < -0.4 is 22.9 Å². The minimum atomic E-state index is 0. The monoisotopic (exact) mass is 612 g/mol. The van der Waals surface area contributed by atoms with E-state index in [4.69, 9.17) is 22.9 Å². The first-order valence-electron chi connectivity index (χ1n) is 8.46. The SMILES string of the molecule is Br.Br.Br.Br.CCCCN.CCCCN.CCCCN.CCCCN. The molecule has 0 aliphatic heterocycles. The van der Waals surface area contributed by atoms with Crippen LogP contribution in [0.1, 0.15) is 79.1 Å². The predicted octanol–water partition coefficient (Wildman–Crippen LogP) is 5.29. The third-order valence-electron chi connectivity index (χ3n) is 2.23. The smallest absolute Gasteiger partial charge is 0.00774 e. The normalized spacial score (nSPS) is 7.00. The summed E-state index contributed by atoms with van der Waals surface area (Å²) in [7, 11) is 0. The Morgan fingerprint density at radius 2 is 0.500 bits per heavy atom. The first-order chi connectivity index (χ1) is 9.66. The topological polar surface area (TPSA) is 104 Å². The lowest BCUT2D eigenvalue weighted by Crippen LogP contribution is -1.95. The minimum absolute atomic E-state index is 0. The summed E-state index contributed by atoms with van der Waals surface area (Å²) in [4.78, 5) is 0. The van der Waals surface area contributed by atoms with Crippen LogP contribution in [0.4, 0.5) is 0 Å². The van der Waals surface area contributed by atoms with E-state index in [0.29, 0.717) is 0 Å². The van der Waals surface area contributed by atoms with Crippen molar-refractivity contribution in [3.63, 3.8) is 0 Å². The Kier molecular flexibility index (Phi) is 154. The van der Waals surface area contributed by atoms with Gasteiger partial charge in [-0.1, -0.05) is 53.4 Å². The summed E-state index contributed by atoms with van der Waals surface area (Å²) in [5.41, 5.74) is 20.6. The van der Waals surface area contributed by atoms with Crippen LogP contribution in [0.25, 0.3) is 0 Å². The van der Waals surface area contributed by atoms with Gasteiger partial charge >= 0.3 is 0 Å². The van der Waals surface area contributed by atoms with Crippen molar-refractivity contribution in [3.8, 4) is 0 Å². The number of rotatable bonds is 8. The van der Waals surface area contributed by atoms with E-state index >= 15 is 0 Å². The van der Waals surface area contributed by atoms with Crippen LogP contribution in [0.2, 0.25) is 0 Å². The van der Waals surface area contributed by atoms with Gasteiger partial charge < -0.3 is 22.9 Å². The van der Waals surface area contributed by atoms with Crippen LogP contribution in [0.15, 0.2) is 0 Å². The van der Waals surface area contributed by atoms with Gasteiger partial charge in [0.1, 0.15) is 0 Å². The molecule has 160 valence electrons. The van der Waals surface area contributed by atoms with E-state index < -0.39 is 0 Å². The Labute approximate surface area is 195 Å². The van der Waals surface area contributed by atoms with Gasteiger partial charge in [-0.15, -0.1) is 67.9 Å². The van der Waals surface area contributed by atoms with Gasteiger partial charge in [-0.25, -0.2) is 0 Å². The molecule has 8 heteroatoms. The van der Waals surface area contributed by atoms with Gasteiger partial charge in [0.25, 0.3) is 0 Å². The molecule has 0 aromatic rings. The summed E-state index contributed by atoms with van der Waals surface area (Å²) in [5, 5.41) is 0. The second-order valence-electron chi connectivity index (χ2n) is 4.57. The lowest BCUT2D eigenvalue weighted by molar-refractivity contribution is 0.807. The second kappa shape index (κ2) is 73.8. The highest BCUT2D eigenvalue weighted by Crippen LogP contribution is 1.78. The summed E-state index contributed by atoms with van der Waals surface area (Å²) >= 11 is 0. The molecule has 0 spiro atoms. The molecular formula is C16H48Br4N4. The number of halogens is 4. The van der Waals surface area contributed by atoms with Crippen LogP contribution >= 0.6 is 67.9 Å². The molecule has 0 atom stereocenters. The standard InChI is InChI=1S/4C4H11N.4BrH/c4*1-2-3-4-5;;;;/h4*2-5H2,1H3;4*1H. The molecule has 0 aromatic heterocycles. The van der Waals surface area contributed by atoms with Crippen molar-refractivity contribution in [1.29, 1.82) is 0 Å². The first kappa shape index (κ1) is 50.1. The number of hydrogen-bond acceptors (Lipinski definition) is 4. The second-order valence-corrected chi connectivity index (χ2v) is 4.57. The van der Waals surface area contributed by atoms with Gasteiger partial charge in [-0.05, 0) is 51.9 Å². The van der Waals surface area contributed by atoms with E-state index in [1.807, 2.05) is 0 Å². The van der Waals surface area contributed by atoms with Gasteiger partial charge in [0.05, 0.1) is 0 Å². The molecule has 0 bridgehead atoms. The van der Waals surface area contributed by atoms with Crippen molar-refractivity contribution in [2.45, 2.75) is 79.1 Å². The third kappa shape index (κ3) is 129. The van der Waals surface area contributed by atoms with Crippen LogP contribution in [0, 0.1) is 0 Å². The largest absolute Gasteiger partial charge is 0.330 e. The molecule has 0 unspecified atom stereocenters. The highest BCUT2D eigenvalue weighted by atomic mass is 79.9. The van der Waals surface area contributed by atoms with Crippen molar-refractivity contribution in [1.82, 2.24) is 0 Å². The maximum Gasteiger partial charge on any atom is -0.00774 e. The Bertz CT molecular complexity index is 84.1. The van der Waals surface area contributed by atoms with Gasteiger partial charge in [-0.2, -0.15) is 0 Å². The first-order valence-corrected chi connectivity index (χ1v) is 8.46. The van der Waals surface area contributed by atoms with E-state index in [2.05, 4.69) is 27.7 Å². The number of hydrogen-bond donors (Lipinski definition) is 4. The van der Waals surface area contributed by atoms with E-state index in [0.717, 1.165) is 26.2 Å². The zero-order valence-electron chi connectivity index (χ0n) is 16.4. The zero-order valence-corrected chi connectivity index (χ0v) is 23.3. The lowest BCUT2D eigenvalue weighted by atomic mass is 10.3. The molecule has 0 amide bonds. The summed E-state index contributed by atoms with van der Waals surface area (Å²) in [6.07, 6.45) is 9.54. The molecule has 0 radical (unpaired) electrons. The molecule has 0 saturated heterocycles. The van der Waals surface area contributed by atoms with Crippen LogP contribution in [0.5, 0.6) is 0 Å². The number of nitrogens with two attached hydrogens (primary N) is 4. The molecule has 0 heterocycles.